The van der Waals surface area contributed by atoms with Gasteiger partial charge in [0.1, 0.15) is 0 Å². The Morgan fingerprint density at radius 1 is 1.00 bits per heavy atom. The summed E-state index contributed by atoms with van der Waals surface area (Å²) in [6.45, 7) is 2.29. The van der Waals surface area contributed by atoms with Gasteiger partial charge in [-0.15, -0.1) is 0 Å². The van der Waals surface area contributed by atoms with Gasteiger partial charge < -0.3 is 10.6 Å². The third-order valence-electron chi connectivity index (χ3n) is 4.67. The van der Waals surface area contributed by atoms with Crippen molar-refractivity contribution >= 4 is 17.5 Å². The minimum absolute atomic E-state index is 0.262. The van der Waals surface area contributed by atoms with Gasteiger partial charge in [0.05, 0.1) is 23.1 Å². The summed E-state index contributed by atoms with van der Waals surface area (Å²) < 4.78 is 39.0. The number of carbonyl (C=O) groups is 2. The molecular weight excluding hydrogens is 357 g/mol. The Morgan fingerprint density at radius 2 is 1.63 bits per heavy atom. The van der Waals surface area contributed by atoms with Crippen molar-refractivity contribution in [3.8, 4) is 0 Å². The van der Waals surface area contributed by atoms with E-state index in [0.717, 1.165) is 17.2 Å². The molecule has 2 aromatic carbocycles. The molecule has 0 spiro atoms. The number of hydrogen-bond donors (Lipinski definition) is 2. The molecule has 2 atom stereocenters. The molecule has 142 valence electrons. The number of alkyl halides is 3. The maximum absolute atomic E-state index is 13.0. The van der Waals surface area contributed by atoms with Crippen LogP contribution in [0.2, 0.25) is 0 Å². The molecule has 4 nitrogen and oxygen atoms in total. The molecule has 1 aliphatic rings. The summed E-state index contributed by atoms with van der Waals surface area (Å²) >= 11 is 0. The molecular formula is C20H19F3N2O2. The Morgan fingerprint density at radius 3 is 2.33 bits per heavy atom. The van der Waals surface area contributed by atoms with Crippen LogP contribution in [0.1, 0.15) is 23.1 Å². The van der Waals surface area contributed by atoms with E-state index in [0.29, 0.717) is 13.0 Å². The number of nitrogens with one attached hydrogen (secondary N) is 2. The van der Waals surface area contributed by atoms with Crippen LogP contribution in [0.25, 0.3) is 0 Å². The molecule has 0 bridgehead atoms. The average molecular weight is 376 g/mol. The van der Waals surface area contributed by atoms with Crippen molar-refractivity contribution in [2.24, 2.45) is 11.8 Å². The highest BCUT2D eigenvalue weighted by Crippen LogP contribution is 2.41. The van der Waals surface area contributed by atoms with Crippen molar-refractivity contribution in [3.05, 3.63) is 65.2 Å². The number of halogens is 3. The fraction of sp³-hybridized carbons (Fsp3) is 0.300. The number of rotatable bonds is 5. The van der Waals surface area contributed by atoms with Gasteiger partial charge in [0.2, 0.25) is 11.8 Å². The van der Waals surface area contributed by atoms with Crippen molar-refractivity contribution in [2.45, 2.75) is 26.1 Å². The second-order valence-electron chi connectivity index (χ2n) is 6.63. The van der Waals surface area contributed by atoms with Crippen molar-refractivity contribution in [3.63, 3.8) is 0 Å². The maximum atomic E-state index is 13.0. The van der Waals surface area contributed by atoms with Crippen LogP contribution in [-0.4, -0.2) is 11.8 Å². The molecule has 2 aromatic rings. The lowest BCUT2D eigenvalue weighted by molar-refractivity contribution is -0.137. The van der Waals surface area contributed by atoms with Gasteiger partial charge in [0.25, 0.3) is 0 Å². The summed E-state index contributed by atoms with van der Waals surface area (Å²) in [6.07, 6.45) is -4.22. The zero-order valence-electron chi connectivity index (χ0n) is 14.6. The minimum atomic E-state index is -4.56. The molecule has 3 rings (SSSR count). The smallest absolute Gasteiger partial charge is 0.352 e. The number of carbonyl (C=O) groups excluding carboxylic acids is 2. The number of amides is 2. The van der Waals surface area contributed by atoms with Crippen LogP contribution in [0.3, 0.4) is 0 Å². The minimum Gasteiger partial charge on any atom is -0.352 e. The predicted molar refractivity (Wildman–Crippen MR) is 94.7 cm³/mol. The van der Waals surface area contributed by atoms with E-state index in [2.05, 4.69) is 10.6 Å². The highest BCUT2D eigenvalue weighted by molar-refractivity contribution is 6.00. The first-order valence-electron chi connectivity index (χ1n) is 8.56. The number of para-hydroxylation sites is 1. The van der Waals surface area contributed by atoms with Crippen molar-refractivity contribution < 1.29 is 22.8 Å². The quantitative estimate of drug-likeness (QED) is 0.831. The first kappa shape index (κ1) is 18.9. The van der Waals surface area contributed by atoms with E-state index >= 15 is 0 Å². The van der Waals surface area contributed by atoms with Crippen LogP contribution in [-0.2, 0) is 22.3 Å². The molecule has 1 aliphatic carbocycles. The Hall–Kier alpha value is -2.83. The molecule has 0 saturated heterocycles. The average Bonchev–Trinajstić information content (AvgIpc) is 3.41. The van der Waals surface area contributed by atoms with Crippen LogP contribution in [0.5, 0.6) is 0 Å². The SMILES string of the molecule is Cc1ccccc1CNC(=O)C1CC1C(=O)Nc1ccccc1C(F)(F)F. The van der Waals surface area contributed by atoms with Gasteiger partial charge in [0.15, 0.2) is 0 Å². The normalized spacial score (nSPS) is 18.7. The molecule has 1 fully saturated rings. The fourth-order valence-corrected chi connectivity index (χ4v) is 2.96. The number of hydrogen-bond acceptors (Lipinski definition) is 2. The van der Waals surface area contributed by atoms with Crippen LogP contribution >= 0.6 is 0 Å². The van der Waals surface area contributed by atoms with Crippen molar-refractivity contribution in [1.82, 2.24) is 5.32 Å². The fourth-order valence-electron chi connectivity index (χ4n) is 2.96. The summed E-state index contributed by atoms with van der Waals surface area (Å²) in [5, 5.41) is 5.09. The summed E-state index contributed by atoms with van der Waals surface area (Å²) in [6, 6.07) is 12.4. The zero-order chi connectivity index (χ0) is 19.6. The van der Waals surface area contributed by atoms with Crippen LogP contribution in [0.4, 0.5) is 18.9 Å². The Labute approximate surface area is 154 Å². The monoisotopic (exact) mass is 376 g/mol. The lowest BCUT2D eigenvalue weighted by Gasteiger charge is -2.13. The lowest BCUT2D eigenvalue weighted by atomic mass is 10.1. The molecule has 0 radical (unpaired) electrons. The molecule has 1 saturated carbocycles. The number of benzene rings is 2. The predicted octanol–water partition coefficient (Wildman–Crippen LogP) is 3.90. The third kappa shape index (κ3) is 4.48. The van der Waals surface area contributed by atoms with E-state index in [1.165, 1.54) is 18.2 Å². The largest absolute Gasteiger partial charge is 0.418 e. The van der Waals surface area contributed by atoms with Gasteiger partial charge in [-0.2, -0.15) is 13.2 Å². The van der Waals surface area contributed by atoms with Gasteiger partial charge in [0, 0.05) is 6.54 Å². The van der Waals surface area contributed by atoms with Crippen LogP contribution < -0.4 is 10.6 Å². The second-order valence-corrected chi connectivity index (χ2v) is 6.63. The highest BCUT2D eigenvalue weighted by atomic mass is 19.4. The molecule has 7 heteroatoms. The third-order valence-corrected chi connectivity index (χ3v) is 4.67. The summed E-state index contributed by atoms with van der Waals surface area (Å²) in [5.41, 5.74) is 0.832. The molecule has 0 aliphatic heterocycles. The topological polar surface area (TPSA) is 58.2 Å². The van der Waals surface area contributed by atoms with Gasteiger partial charge >= 0.3 is 6.18 Å². The second kappa shape index (κ2) is 7.42. The maximum Gasteiger partial charge on any atom is 0.418 e. The van der Waals surface area contributed by atoms with Gasteiger partial charge in [-0.3, -0.25) is 9.59 Å². The van der Waals surface area contributed by atoms with Gasteiger partial charge in [-0.1, -0.05) is 36.4 Å². The number of anilines is 1. The summed E-state index contributed by atoms with van der Waals surface area (Å²) in [7, 11) is 0. The van der Waals surface area contributed by atoms with E-state index in [1.807, 2.05) is 31.2 Å². The van der Waals surface area contributed by atoms with E-state index in [-0.39, 0.29) is 11.6 Å². The summed E-state index contributed by atoms with van der Waals surface area (Å²) in [4.78, 5) is 24.5. The van der Waals surface area contributed by atoms with E-state index in [4.69, 9.17) is 0 Å². The lowest BCUT2D eigenvalue weighted by Crippen LogP contribution is -2.27. The Kier molecular flexibility index (Phi) is 5.21. The van der Waals surface area contributed by atoms with Crippen molar-refractivity contribution in [1.29, 1.82) is 0 Å². The van der Waals surface area contributed by atoms with Gasteiger partial charge in [-0.25, -0.2) is 0 Å². The molecule has 27 heavy (non-hydrogen) atoms. The van der Waals surface area contributed by atoms with Gasteiger partial charge in [-0.05, 0) is 36.6 Å². The Bertz CT molecular complexity index is 864. The molecule has 2 unspecified atom stereocenters. The molecule has 0 aromatic heterocycles. The zero-order valence-corrected chi connectivity index (χ0v) is 14.6. The van der Waals surface area contributed by atoms with Crippen molar-refractivity contribution in [2.75, 3.05) is 5.32 Å². The van der Waals surface area contributed by atoms with Crippen LogP contribution in [0.15, 0.2) is 48.5 Å². The Balaban J connectivity index is 1.57. The van der Waals surface area contributed by atoms with E-state index in [9.17, 15) is 22.8 Å². The molecule has 2 N–H and O–H groups in total. The van der Waals surface area contributed by atoms with E-state index < -0.39 is 29.5 Å². The first-order chi connectivity index (χ1) is 12.8. The highest BCUT2D eigenvalue weighted by Gasteiger charge is 2.48. The first-order valence-corrected chi connectivity index (χ1v) is 8.56. The summed E-state index contributed by atoms with van der Waals surface area (Å²) in [5.74, 6) is -1.94. The van der Waals surface area contributed by atoms with Crippen LogP contribution in [0, 0.1) is 18.8 Å². The molecule has 2 amide bonds. The van der Waals surface area contributed by atoms with E-state index in [1.54, 1.807) is 0 Å². The molecule has 0 heterocycles. The standard InChI is InChI=1S/C20H19F3N2O2/c1-12-6-2-3-7-13(12)11-24-18(26)14-10-15(14)19(27)25-17-9-5-4-8-16(17)20(21,22)23/h2-9,14-15H,10-11H2,1H3,(H,24,26)(H,25,27). The number of aryl methyl sites for hydroxylation is 1.